The van der Waals surface area contributed by atoms with Crippen molar-refractivity contribution in [2.75, 3.05) is 0 Å². The minimum absolute atomic E-state index is 0.731. The van der Waals surface area contributed by atoms with Gasteiger partial charge in [-0.1, -0.05) is 115 Å². The van der Waals surface area contributed by atoms with Crippen molar-refractivity contribution in [1.29, 1.82) is 0 Å². The molecule has 0 N–H and O–H groups in total. The fourth-order valence-electron chi connectivity index (χ4n) is 3.63. The molecule has 0 aliphatic carbocycles. The summed E-state index contributed by atoms with van der Waals surface area (Å²) >= 11 is 0. The molecule has 30 heavy (non-hydrogen) atoms. The van der Waals surface area contributed by atoms with Crippen LogP contribution in [-0.2, 0) is 0 Å². The lowest BCUT2D eigenvalue weighted by atomic mass is 9.96. The molecule has 0 unspecified atom stereocenters. The van der Waals surface area contributed by atoms with Crippen LogP contribution in [0.15, 0.2) is 121 Å². The predicted molar refractivity (Wildman–Crippen MR) is 124 cm³/mol. The second kappa shape index (κ2) is 8.14. The molecular formula is C28H20N2. The van der Waals surface area contributed by atoms with E-state index in [1.165, 1.54) is 5.56 Å². The summed E-state index contributed by atoms with van der Waals surface area (Å²) in [5.74, 6) is 0.731. The summed E-state index contributed by atoms with van der Waals surface area (Å²) in [6.07, 6.45) is 0. The van der Waals surface area contributed by atoms with Crippen LogP contribution in [0.2, 0.25) is 0 Å². The van der Waals surface area contributed by atoms with Crippen molar-refractivity contribution in [3.8, 4) is 45.0 Å². The summed E-state index contributed by atoms with van der Waals surface area (Å²) in [6, 6.07) is 41.4. The highest BCUT2D eigenvalue weighted by atomic mass is 14.9. The number of aromatic nitrogens is 2. The molecule has 0 fully saturated rings. The van der Waals surface area contributed by atoms with Crippen molar-refractivity contribution < 1.29 is 0 Å². The van der Waals surface area contributed by atoms with E-state index in [4.69, 9.17) is 9.97 Å². The van der Waals surface area contributed by atoms with Gasteiger partial charge in [-0.05, 0) is 17.2 Å². The Morgan fingerprint density at radius 3 is 1.47 bits per heavy atom. The molecule has 5 aromatic rings. The summed E-state index contributed by atoms with van der Waals surface area (Å²) in [5, 5.41) is 0. The maximum Gasteiger partial charge on any atom is 0.160 e. The molecule has 0 amide bonds. The van der Waals surface area contributed by atoms with E-state index in [1.54, 1.807) is 0 Å². The average Bonchev–Trinajstić information content (AvgIpc) is 2.85. The fourth-order valence-corrected chi connectivity index (χ4v) is 3.63. The smallest absolute Gasteiger partial charge is 0.160 e. The van der Waals surface area contributed by atoms with Gasteiger partial charge in [0.1, 0.15) is 0 Å². The Morgan fingerprint density at radius 1 is 0.367 bits per heavy atom. The molecule has 4 aromatic carbocycles. The second-order valence-corrected chi connectivity index (χ2v) is 7.11. The highest BCUT2D eigenvalue weighted by Crippen LogP contribution is 2.33. The van der Waals surface area contributed by atoms with E-state index in [-0.39, 0.29) is 0 Å². The van der Waals surface area contributed by atoms with E-state index < -0.39 is 0 Å². The third-order valence-electron chi connectivity index (χ3n) is 5.12. The Bertz CT molecular complexity index is 1210. The first-order valence-corrected chi connectivity index (χ1v) is 10.0. The van der Waals surface area contributed by atoms with Crippen molar-refractivity contribution in [3.05, 3.63) is 121 Å². The van der Waals surface area contributed by atoms with E-state index in [0.717, 1.165) is 39.5 Å². The number of rotatable bonds is 4. The van der Waals surface area contributed by atoms with Gasteiger partial charge in [-0.3, -0.25) is 0 Å². The van der Waals surface area contributed by atoms with Gasteiger partial charge in [0.25, 0.3) is 0 Å². The van der Waals surface area contributed by atoms with Gasteiger partial charge >= 0.3 is 0 Å². The summed E-state index contributed by atoms with van der Waals surface area (Å²) < 4.78 is 0. The van der Waals surface area contributed by atoms with Crippen molar-refractivity contribution >= 4 is 0 Å². The Kier molecular flexibility index (Phi) is 4.89. The SMILES string of the molecule is c1ccc(-c2cc(-c3ccccc3-c3ccccc3)nc(-c3ccccc3)n2)cc1. The van der Waals surface area contributed by atoms with E-state index in [2.05, 4.69) is 78.9 Å². The Labute approximate surface area is 176 Å². The molecule has 5 rings (SSSR count). The van der Waals surface area contributed by atoms with Gasteiger partial charge in [0.05, 0.1) is 11.4 Å². The van der Waals surface area contributed by atoms with Crippen LogP contribution in [0.5, 0.6) is 0 Å². The first kappa shape index (κ1) is 18.0. The summed E-state index contributed by atoms with van der Waals surface area (Å²) in [4.78, 5) is 9.87. The van der Waals surface area contributed by atoms with E-state index in [9.17, 15) is 0 Å². The minimum Gasteiger partial charge on any atom is -0.228 e. The third-order valence-corrected chi connectivity index (χ3v) is 5.12. The topological polar surface area (TPSA) is 25.8 Å². The standard InChI is InChI=1S/C28H20N2/c1-4-12-21(13-5-1)24-18-10-11-19-25(24)27-20-26(22-14-6-2-7-15-22)29-28(30-27)23-16-8-3-9-17-23/h1-20H. The van der Waals surface area contributed by atoms with Crippen LogP contribution in [0.1, 0.15) is 0 Å². The summed E-state index contributed by atoms with van der Waals surface area (Å²) in [6.45, 7) is 0. The van der Waals surface area contributed by atoms with Crippen LogP contribution in [0.4, 0.5) is 0 Å². The zero-order chi connectivity index (χ0) is 20.2. The van der Waals surface area contributed by atoms with Gasteiger partial charge in [0.2, 0.25) is 0 Å². The van der Waals surface area contributed by atoms with Crippen molar-refractivity contribution in [3.63, 3.8) is 0 Å². The molecule has 2 nitrogen and oxygen atoms in total. The van der Waals surface area contributed by atoms with Crippen LogP contribution in [0.3, 0.4) is 0 Å². The van der Waals surface area contributed by atoms with E-state index >= 15 is 0 Å². The van der Waals surface area contributed by atoms with Gasteiger partial charge < -0.3 is 0 Å². The molecule has 0 radical (unpaired) electrons. The minimum atomic E-state index is 0.731. The van der Waals surface area contributed by atoms with Crippen molar-refractivity contribution in [2.24, 2.45) is 0 Å². The molecular weight excluding hydrogens is 364 g/mol. The van der Waals surface area contributed by atoms with Crippen LogP contribution in [0.25, 0.3) is 45.0 Å². The Hall–Kier alpha value is -4.04. The van der Waals surface area contributed by atoms with Gasteiger partial charge in [-0.15, -0.1) is 0 Å². The third kappa shape index (κ3) is 3.63. The number of hydrogen-bond acceptors (Lipinski definition) is 2. The lowest BCUT2D eigenvalue weighted by Crippen LogP contribution is -1.96. The average molecular weight is 384 g/mol. The highest BCUT2D eigenvalue weighted by molar-refractivity contribution is 5.84. The monoisotopic (exact) mass is 384 g/mol. The molecule has 0 bridgehead atoms. The number of nitrogens with zero attached hydrogens (tertiary/aromatic N) is 2. The fraction of sp³-hybridized carbons (Fsp3) is 0. The largest absolute Gasteiger partial charge is 0.228 e. The lowest BCUT2D eigenvalue weighted by molar-refractivity contribution is 1.18. The quantitative estimate of drug-likeness (QED) is 0.329. The molecule has 0 spiro atoms. The first-order chi connectivity index (χ1) is 14.9. The molecule has 0 aliphatic heterocycles. The van der Waals surface area contributed by atoms with Crippen LogP contribution < -0.4 is 0 Å². The summed E-state index contributed by atoms with van der Waals surface area (Å²) in [5.41, 5.74) is 7.36. The summed E-state index contributed by atoms with van der Waals surface area (Å²) in [7, 11) is 0. The highest BCUT2D eigenvalue weighted by Gasteiger charge is 2.13. The maximum atomic E-state index is 4.97. The van der Waals surface area contributed by atoms with Crippen LogP contribution in [-0.4, -0.2) is 9.97 Å². The van der Waals surface area contributed by atoms with Gasteiger partial charge in [-0.2, -0.15) is 0 Å². The van der Waals surface area contributed by atoms with Crippen LogP contribution in [0, 0.1) is 0 Å². The Morgan fingerprint density at radius 2 is 0.833 bits per heavy atom. The van der Waals surface area contributed by atoms with Crippen molar-refractivity contribution in [2.45, 2.75) is 0 Å². The first-order valence-electron chi connectivity index (χ1n) is 10.0. The number of hydrogen-bond donors (Lipinski definition) is 0. The maximum absolute atomic E-state index is 4.97. The molecule has 0 saturated carbocycles. The van der Waals surface area contributed by atoms with E-state index in [0.29, 0.717) is 0 Å². The molecule has 0 atom stereocenters. The normalized spacial score (nSPS) is 10.7. The Balaban J connectivity index is 1.74. The molecule has 1 aromatic heterocycles. The molecule has 0 aliphatic rings. The molecule has 142 valence electrons. The predicted octanol–water partition coefficient (Wildman–Crippen LogP) is 7.14. The van der Waals surface area contributed by atoms with Gasteiger partial charge in [0.15, 0.2) is 5.82 Å². The van der Waals surface area contributed by atoms with Gasteiger partial charge in [0, 0.05) is 16.7 Å². The zero-order valence-electron chi connectivity index (χ0n) is 16.4. The van der Waals surface area contributed by atoms with Crippen LogP contribution >= 0.6 is 0 Å². The second-order valence-electron chi connectivity index (χ2n) is 7.11. The van der Waals surface area contributed by atoms with Crippen molar-refractivity contribution in [1.82, 2.24) is 9.97 Å². The molecule has 2 heteroatoms. The van der Waals surface area contributed by atoms with Gasteiger partial charge in [-0.25, -0.2) is 9.97 Å². The number of benzene rings is 4. The zero-order valence-corrected chi connectivity index (χ0v) is 16.4. The molecule has 0 saturated heterocycles. The van der Waals surface area contributed by atoms with E-state index in [1.807, 2.05) is 42.5 Å². The lowest BCUT2D eigenvalue weighted by Gasteiger charge is -2.13. The molecule has 1 heterocycles.